The van der Waals surface area contributed by atoms with Gasteiger partial charge in [-0.2, -0.15) is 0 Å². The molecule has 18 heavy (non-hydrogen) atoms. The van der Waals surface area contributed by atoms with Gasteiger partial charge in [-0.25, -0.2) is 9.78 Å². The van der Waals surface area contributed by atoms with Crippen LogP contribution in [0.2, 0.25) is 5.02 Å². The normalized spacial score (nSPS) is 10.3. The fourth-order valence-electron chi connectivity index (χ4n) is 1.55. The minimum Gasteiger partial charge on any atom is -0.465 e. The maximum Gasteiger partial charge on any atom is 0.339 e. The highest BCUT2D eigenvalue weighted by Crippen LogP contribution is 2.25. The van der Waals surface area contributed by atoms with E-state index in [-0.39, 0.29) is 6.04 Å². The second-order valence-electron chi connectivity index (χ2n) is 4.06. The number of pyridine rings is 1. The number of halogens is 1. The number of methoxy groups -OCH3 is 1. The van der Waals surface area contributed by atoms with Crippen LogP contribution in [0.5, 0.6) is 0 Å². The Morgan fingerprint density at radius 1 is 1.67 bits per heavy atom. The van der Waals surface area contributed by atoms with Crippen LogP contribution in [0.25, 0.3) is 0 Å². The molecule has 0 saturated heterocycles. The number of esters is 1. The zero-order valence-electron chi connectivity index (χ0n) is 10.8. The molecule has 0 unspecified atom stereocenters. The van der Waals surface area contributed by atoms with Gasteiger partial charge in [-0.15, -0.1) is 6.58 Å². The van der Waals surface area contributed by atoms with E-state index in [0.29, 0.717) is 22.9 Å². The quantitative estimate of drug-likeness (QED) is 0.608. The standard InChI is InChI=1S/C13H17ClN2O2/c1-5-6-16(9(2)3)12-11(14)7-10(8-15-12)13(17)18-4/h5,7-9H,1,6H2,2-4H3. The second kappa shape index (κ2) is 6.40. The number of ether oxygens (including phenoxy) is 1. The Bertz CT molecular complexity index is 447. The third-order valence-electron chi connectivity index (χ3n) is 2.46. The van der Waals surface area contributed by atoms with Gasteiger partial charge in [-0.3, -0.25) is 0 Å². The summed E-state index contributed by atoms with van der Waals surface area (Å²) in [5.74, 6) is 0.190. The predicted octanol–water partition coefficient (Wildman–Crippen LogP) is 2.92. The molecule has 0 atom stereocenters. The molecule has 1 aromatic heterocycles. The van der Waals surface area contributed by atoms with E-state index in [1.165, 1.54) is 13.3 Å². The first-order chi connectivity index (χ1) is 8.51. The molecule has 0 fully saturated rings. The Balaban J connectivity index is 3.10. The molecule has 0 aromatic carbocycles. The maximum atomic E-state index is 11.4. The summed E-state index contributed by atoms with van der Waals surface area (Å²) in [5.41, 5.74) is 0.341. The lowest BCUT2D eigenvalue weighted by atomic mass is 10.2. The molecule has 4 nitrogen and oxygen atoms in total. The molecule has 0 N–H and O–H groups in total. The van der Waals surface area contributed by atoms with E-state index in [2.05, 4.69) is 16.3 Å². The molecule has 1 aromatic rings. The average molecular weight is 269 g/mol. The molecular weight excluding hydrogens is 252 g/mol. The van der Waals surface area contributed by atoms with Crippen LogP contribution in [0.15, 0.2) is 24.9 Å². The Hall–Kier alpha value is -1.55. The molecule has 0 aliphatic heterocycles. The molecule has 0 radical (unpaired) electrons. The summed E-state index contributed by atoms with van der Waals surface area (Å²) < 4.78 is 4.62. The molecule has 0 aliphatic carbocycles. The van der Waals surface area contributed by atoms with Crippen molar-refractivity contribution in [2.24, 2.45) is 0 Å². The summed E-state index contributed by atoms with van der Waals surface area (Å²) in [6, 6.07) is 1.80. The van der Waals surface area contributed by atoms with Crippen molar-refractivity contribution in [2.75, 3.05) is 18.6 Å². The fraction of sp³-hybridized carbons (Fsp3) is 0.385. The van der Waals surface area contributed by atoms with Crippen LogP contribution >= 0.6 is 11.6 Å². The Morgan fingerprint density at radius 3 is 2.78 bits per heavy atom. The Morgan fingerprint density at radius 2 is 2.33 bits per heavy atom. The van der Waals surface area contributed by atoms with E-state index in [0.717, 1.165) is 0 Å². The number of aromatic nitrogens is 1. The summed E-state index contributed by atoms with van der Waals surface area (Å²) in [4.78, 5) is 17.6. The van der Waals surface area contributed by atoms with Gasteiger partial charge in [-0.05, 0) is 19.9 Å². The Labute approximate surface area is 112 Å². The molecule has 1 rings (SSSR count). The van der Waals surface area contributed by atoms with E-state index >= 15 is 0 Å². The van der Waals surface area contributed by atoms with Gasteiger partial charge in [0.1, 0.15) is 5.82 Å². The first-order valence-corrected chi connectivity index (χ1v) is 6.00. The van der Waals surface area contributed by atoms with Gasteiger partial charge < -0.3 is 9.64 Å². The number of carbonyl (C=O) groups excluding carboxylic acids is 1. The first kappa shape index (κ1) is 14.5. The minimum absolute atomic E-state index is 0.233. The average Bonchev–Trinajstić information content (AvgIpc) is 2.35. The van der Waals surface area contributed by atoms with Crippen LogP contribution < -0.4 is 4.90 Å². The van der Waals surface area contributed by atoms with Crippen LogP contribution in [0.1, 0.15) is 24.2 Å². The van der Waals surface area contributed by atoms with Gasteiger partial charge in [0.25, 0.3) is 0 Å². The number of nitrogens with zero attached hydrogens (tertiary/aromatic N) is 2. The van der Waals surface area contributed by atoms with Gasteiger partial charge in [0, 0.05) is 18.8 Å². The third-order valence-corrected chi connectivity index (χ3v) is 2.74. The highest BCUT2D eigenvalue weighted by atomic mass is 35.5. The topological polar surface area (TPSA) is 42.4 Å². The summed E-state index contributed by atoms with van der Waals surface area (Å²) in [5, 5.41) is 0.424. The van der Waals surface area contributed by atoms with Crippen molar-refractivity contribution in [3.8, 4) is 0 Å². The molecule has 0 saturated carbocycles. The SMILES string of the molecule is C=CCN(c1ncc(C(=O)OC)cc1Cl)C(C)C. The molecule has 1 heterocycles. The van der Waals surface area contributed by atoms with Gasteiger partial charge in [0.15, 0.2) is 0 Å². The lowest BCUT2D eigenvalue weighted by Crippen LogP contribution is -2.31. The summed E-state index contributed by atoms with van der Waals surface area (Å²) >= 11 is 6.16. The third kappa shape index (κ3) is 3.23. The number of hydrogen-bond donors (Lipinski definition) is 0. The molecule has 5 heteroatoms. The molecule has 0 spiro atoms. The van der Waals surface area contributed by atoms with E-state index in [9.17, 15) is 4.79 Å². The predicted molar refractivity (Wildman–Crippen MR) is 73.3 cm³/mol. The molecular formula is C13H17ClN2O2. The number of carbonyl (C=O) groups is 1. The smallest absolute Gasteiger partial charge is 0.339 e. The van der Waals surface area contributed by atoms with E-state index in [4.69, 9.17) is 11.6 Å². The highest BCUT2D eigenvalue weighted by Gasteiger charge is 2.16. The van der Waals surface area contributed by atoms with Crippen molar-refractivity contribution >= 4 is 23.4 Å². The first-order valence-electron chi connectivity index (χ1n) is 5.62. The van der Waals surface area contributed by atoms with Crippen molar-refractivity contribution in [1.82, 2.24) is 4.98 Å². The summed E-state index contributed by atoms with van der Waals surface area (Å²) in [6.07, 6.45) is 3.25. The number of hydrogen-bond acceptors (Lipinski definition) is 4. The fourth-order valence-corrected chi connectivity index (χ4v) is 1.83. The van der Waals surface area contributed by atoms with E-state index in [1.54, 1.807) is 12.1 Å². The van der Waals surface area contributed by atoms with Crippen LogP contribution in [0.3, 0.4) is 0 Å². The van der Waals surface area contributed by atoms with Crippen molar-refractivity contribution < 1.29 is 9.53 Å². The van der Waals surface area contributed by atoms with E-state index < -0.39 is 5.97 Å². The zero-order chi connectivity index (χ0) is 13.7. The highest BCUT2D eigenvalue weighted by molar-refractivity contribution is 6.33. The molecule has 0 amide bonds. The van der Waals surface area contributed by atoms with Crippen LogP contribution in [0.4, 0.5) is 5.82 Å². The monoisotopic (exact) mass is 268 g/mol. The molecule has 0 bridgehead atoms. The van der Waals surface area contributed by atoms with Gasteiger partial charge in [0.2, 0.25) is 0 Å². The number of anilines is 1. The zero-order valence-corrected chi connectivity index (χ0v) is 11.6. The van der Waals surface area contributed by atoms with Crippen LogP contribution in [-0.2, 0) is 4.74 Å². The summed E-state index contributed by atoms with van der Waals surface area (Å²) in [7, 11) is 1.32. The van der Waals surface area contributed by atoms with Crippen molar-refractivity contribution in [3.63, 3.8) is 0 Å². The summed E-state index contributed by atoms with van der Waals surface area (Å²) in [6.45, 7) is 8.43. The van der Waals surface area contributed by atoms with Gasteiger partial charge >= 0.3 is 5.97 Å². The largest absolute Gasteiger partial charge is 0.465 e. The molecule has 0 aliphatic rings. The lowest BCUT2D eigenvalue weighted by molar-refractivity contribution is 0.0600. The van der Waals surface area contributed by atoms with Gasteiger partial charge in [-0.1, -0.05) is 17.7 Å². The number of rotatable bonds is 5. The Kier molecular flexibility index (Phi) is 5.16. The lowest BCUT2D eigenvalue weighted by Gasteiger charge is -2.27. The minimum atomic E-state index is -0.448. The molecule has 98 valence electrons. The van der Waals surface area contributed by atoms with Crippen LogP contribution in [0, 0.1) is 0 Å². The van der Waals surface area contributed by atoms with E-state index in [1.807, 2.05) is 18.7 Å². The van der Waals surface area contributed by atoms with Crippen molar-refractivity contribution in [3.05, 3.63) is 35.5 Å². The maximum absolute atomic E-state index is 11.4. The van der Waals surface area contributed by atoms with Crippen LogP contribution in [-0.4, -0.2) is 30.6 Å². The van der Waals surface area contributed by atoms with Gasteiger partial charge in [0.05, 0.1) is 17.7 Å². The van der Waals surface area contributed by atoms with Crippen molar-refractivity contribution in [1.29, 1.82) is 0 Å². The van der Waals surface area contributed by atoms with Crippen molar-refractivity contribution in [2.45, 2.75) is 19.9 Å². The second-order valence-corrected chi connectivity index (χ2v) is 4.46.